The van der Waals surface area contributed by atoms with Crippen LogP contribution in [0.5, 0.6) is 0 Å². The molecule has 0 aliphatic heterocycles. The number of rotatable bonds is 6. The van der Waals surface area contributed by atoms with Crippen LogP contribution in [0.15, 0.2) is 12.7 Å². The first-order chi connectivity index (χ1) is 7.34. The maximum atomic E-state index is 4.09. The molecule has 1 aromatic rings. The fourth-order valence-electron chi connectivity index (χ4n) is 1.84. The van der Waals surface area contributed by atoms with Crippen molar-refractivity contribution in [2.24, 2.45) is 5.92 Å². The Morgan fingerprint density at radius 1 is 1.53 bits per heavy atom. The maximum Gasteiger partial charge on any atom is 0.137 e. The van der Waals surface area contributed by atoms with Gasteiger partial charge in [0.1, 0.15) is 12.7 Å². The van der Waals surface area contributed by atoms with Gasteiger partial charge in [-0.1, -0.05) is 6.42 Å². The molecular formula is C11H20N4. The van der Waals surface area contributed by atoms with Crippen molar-refractivity contribution in [2.75, 3.05) is 6.54 Å². The second-order valence-corrected chi connectivity index (χ2v) is 4.55. The highest BCUT2D eigenvalue weighted by Crippen LogP contribution is 2.25. The van der Waals surface area contributed by atoms with E-state index in [0.717, 1.165) is 18.9 Å². The second kappa shape index (κ2) is 5.26. The van der Waals surface area contributed by atoms with Gasteiger partial charge in [-0.05, 0) is 38.6 Å². The first kappa shape index (κ1) is 10.6. The molecule has 0 amide bonds. The van der Waals surface area contributed by atoms with Crippen LogP contribution in [-0.2, 0) is 6.54 Å². The molecule has 1 heterocycles. The van der Waals surface area contributed by atoms with Crippen LogP contribution in [0, 0.1) is 5.92 Å². The van der Waals surface area contributed by atoms with Crippen LogP contribution >= 0.6 is 0 Å². The summed E-state index contributed by atoms with van der Waals surface area (Å²) < 4.78 is 1.89. The first-order valence-electron chi connectivity index (χ1n) is 5.90. The molecule has 4 heteroatoms. The minimum absolute atomic E-state index is 0.579. The third kappa shape index (κ3) is 3.30. The summed E-state index contributed by atoms with van der Waals surface area (Å²) in [5.41, 5.74) is 0. The van der Waals surface area contributed by atoms with E-state index >= 15 is 0 Å². The minimum atomic E-state index is 0.579. The summed E-state index contributed by atoms with van der Waals surface area (Å²) in [6.45, 7) is 4.40. The highest BCUT2D eigenvalue weighted by Gasteiger charge is 2.17. The molecule has 0 aromatic carbocycles. The van der Waals surface area contributed by atoms with Crippen LogP contribution in [0.4, 0.5) is 0 Å². The standard InChI is InChI=1S/C11H20N4/c1-10(13-7-11-3-2-4-11)5-6-15-9-12-8-14-15/h8-11,13H,2-7H2,1H3. The monoisotopic (exact) mass is 208 g/mol. The van der Waals surface area contributed by atoms with Crippen molar-refractivity contribution in [1.82, 2.24) is 20.1 Å². The van der Waals surface area contributed by atoms with Gasteiger partial charge in [0.25, 0.3) is 0 Å². The number of aromatic nitrogens is 3. The zero-order valence-corrected chi connectivity index (χ0v) is 9.39. The van der Waals surface area contributed by atoms with E-state index in [9.17, 15) is 0 Å². The summed E-state index contributed by atoms with van der Waals surface area (Å²) in [5, 5.41) is 7.67. The fourth-order valence-corrected chi connectivity index (χ4v) is 1.84. The van der Waals surface area contributed by atoms with E-state index in [1.807, 2.05) is 4.68 Å². The van der Waals surface area contributed by atoms with E-state index in [0.29, 0.717) is 6.04 Å². The van der Waals surface area contributed by atoms with Crippen LogP contribution in [-0.4, -0.2) is 27.4 Å². The molecule has 0 bridgehead atoms. The van der Waals surface area contributed by atoms with E-state index < -0.39 is 0 Å². The van der Waals surface area contributed by atoms with Gasteiger partial charge < -0.3 is 5.32 Å². The summed E-state index contributed by atoms with van der Waals surface area (Å²) in [5.74, 6) is 0.943. The average Bonchev–Trinajstić information content (AvgIpc) is 2.64. The topological polar surface area (TPSA) is 42.7 Å². The third-order valence-electron chi connectivity index (χ3n) is 3.24. The molecule has 0 spiro atoms. The van der Waals surface area contributed by atoms with Gasteiger partial charge >= 0.3 is 0 Å². The predicted octanol–water partition coefficient (Wildman–Crippen LogP) is 1.45. The van der Waals surface area contributed by atoms with Crippen LogP contribution in [0.2, 0.25) is 0 Å². The third-order valence-corrected chi connectivity index (χ3v) is 3.24. The quantitative estimate of drug-likeness (QED) is 0.769. The molecule has 1 N–H and O–H groups in total. The lowest BCUT2D eigenvalue weighted by atomic mass is 9.85. The Morgan fingerprint density at radius 3 is 3.00 bits per heavy atom. The van der Waals surface area contributed by atoms with Crippen LogP contribution in [0.1, 0.15) is 32.6 Å². The summed E-state index contributed by atoms with van der Waals surface area (Å²) in [6, 6.07) is 0.579. The molecular weight excluding hydrogens is 188 g/mol. The number of aryl methyl sites for hydroxylation is 1. The molecule has 1 fully saturated rings. The van der Waals surface area contributed by atoms with Crippen molar-refractivity contribution in [3.63, 3.8) is 0 Å². The summed E-state index contributed by atoms with van der Waals surface area (Å²) >= 11 is 0. The normalized spacial score (nSPS) is 18.7. The number of nitrogens with one attached hydrogen (secondary N) is 1. The van der Waals surface area contributed by atoms with E-state index in [2.05, 4.69) is 22.3 Å². The number of nitrogens with zero attached hydrogens (tertiary/aromatic N) is 3. The smallest absolute Gasteiger partial charge is 0.137 e. The Morgan fingerprint density at radius 2 is 2.40 bits per heavy atom. The molecule has 1 saturated carbocycles. The van der Waals surface area contributed by atoms with Gasteiger partial charge in [-0.2, -0.15) is 5.10 Å². The summed E-state index contributed by atoms with van der Waals surface area (Å²) in [6.07, 6.45) is 8.76. The first-order valence-corrected chi connectivity index (χ1v) is 5.90. The Bertz CT molecular complexity index is 266. The van der Waals surface area contributed by atoms with Gasteiger partial charge in [0.2, 0.25) is 0 Å². The molecule has 1 aromatic heterocycles. The molecule has 4 nitrogen and oxygen atoms in total. The van der Waals surface area contributed by atoms with Gasteiger partial charge in [0.15, 0.2) is 0 Å². The summed E-state index contributed by atoms with van der Waals surface area (Å²) in [7, 11) is 0. The molecule has 1 aliphatic rings. The molecule has 1 unspecified atom stereocenters. The van der Waals surface area contributed by atoms with Crippen molar-refractivity contribution in [2.45, 2.75) is 45.2 Å². The highest BCUT2D eigenvalue weighted by molar-refractivity contribution is 4.73. The zero-order chi connectivity index (χ0) is 10.5. The largest absolute Gasteiger partial charge is 0.314 e. The lowest BCUT2D eigenvalue weighted by molar-refractivity contribution is 0.286. The highest BCUT2D eigenvalue weighted by atomic mass is 15.3. The molecule has 2 rings (SSSR count). The maximum absolute atomic E-state index is 4.09. The molecule has 0 radical (unpaired) electrons. The van der Waals surface area contributed by atoms with E-state index in [1.54, 1.807) is 12.7 Å². The average molecular weight is 208 g/mol. The van der Waals surface area contributed by atoms with Crippen molar-refractivity contribution in [3.05, 3.63) is 12.7 Å². The molecule has 0 saturated heterocycles. The Hall–Kier alpha value is -0.900. The van der Waals surface area contributed by atoms with Crippen molar-refractivity contribution < 1.29 is 0 Å². The molecule has 1 atom stereocenters. The van der Waals surface area contributed by atoms with Gasteiger partial charge in [0, 0.05) is 12.6 Å². The molecule has 15 heavy (non-hydrogen) atoms. The number of hydrogen-bond donors (Lipinski definition) is 1. The number of hydrogen-bond acceptors (Lipinski definition) is 3. The van der Waals surface area contributed by atoms with Crippen molar-refractivity contribution in [1.29, 1.82) is 0 Å². The Kier molecular flexibility index (Phi) is 3.72. The Balaban J connectivity index is 1.57. The van der Waals surface area contributed by atoms with Gasteiger partial charge in [-0.15, -0.1) is 0 Å². The lowest BCUT2D eigenvalue weighted by Crippen LogP contribution is -2.34. The molecule has 84 valence electrons. The lowest BCUT2D eigenvalue weighted by Gasteiger charge is -2.27. The van der Waals surface area contributed by atoms with Crippen molar-refractivity contribution >= 4 is 0 Å². The van der Waals surface area contributed by atoms with E-state index in [4.69, 9.17) is 0 Å². The van der Waals surface area contributed by atoms with Crippen LogP contribution in [0.3, 0.4) is 0 Å². The van der Waals surface area contributed by atoms with Crippen LogP contribution in [0.25, 0.3) is 0 Å². The molecule has 1 aliphatic carbocycles. The van der Waals surface area contributed by atoms with E-state index in [-0.39, 0.29) is 0 Å². The van der Waals surface area contributed by atoms with Crippen LogP contribution < -0.4 is 5.32 Å². The second-order valence-electron chi connectivity index (χ2n) is 4.55. The Labute approximate surface area is 91.1 Å². The van der Waals surface area contributed by atoms with Gasteiger partial charge in [-0.3, -0.25) is 4.68 Å². The SMILES string of the molecule is CC(CCn1cncn1)NCC1CCC1. The van der Waals surface area contributed by atoms with E-state index in [1.165, 1.54) is 25.8 Å². The summed E-state index contributed by atoms with van der Waals surface area (Å²) in [4.78, 5) is 3.93. The van der Waals surface area contributed by atoms with Gasteiger partial charge in [-0.25, -0.2) is 4.98 Å². The zero-order valence-electron chi connectivity index (χ0n) is 9.39. The van der Waals surface area contributed by atoms with Crippen molar-refractivity contribution in [3.8, 4) is 0 Å². The minimum Gasteiger partial charge on any atom is -0.314 e. The van der Waals surface area contributed by atoms with Gasteiger partial charge in [0.05, 0.1) is 0 Å². The predicted molar refractivity (Wildman–Crippen MR) is 59.4 cm³/mol. The fraction of sp³-hybridized carbons (Fsp3) is 0.818.